The number of anilines is 1. The quantitative estimate of drug-likeness (QED) is 0.772. The van der Waals surface area contributed by atoms with E-state index in [9.17, 15) is 14.4 Å². The van der Waals surface area contributed by atoms with Gasteiger partial charge in [0.2, 0.25) is 5.91 Å². The molecule has 0 saturated carbocycles. The predicted molar refractivity (Wildman–Crippen MR) is 106 cm³/mol. The number of hydrogen-bond acceptors (Lipinski definition) is 5. The maximum absolute atomic E-state index is 12.3. The van der Waals surface area contributed by atoms with Gasteiger partial charge in [0.05, 0.1) is 16.8 Å². The van der Waals surface area contributed by atoms with E-state index >= 15 is 0 Å². The van der Waals surface area contributed by atoms with Gasteiger partial charge in [-0.05, 0) is 44.2 Å². The van der Waals surface area contributed by atoms with E-state index in [1.165, 1.54) is 16.2 Å². The van der Waals surface area contributed by atoms with Crippen LogP contribution in [0.2, 0.25) is 0 Å². The summed E-state index contributed by atoms with van der Waals surface area (Å²) in [5.74, 6) is -0.690. The largest absolute Gasteiger partial charge is 0.302 e. The highest BCUT2D eigenvalue weighted by Crippen LogP contribution is 2.29. The zero-order chi connectivity index (χ0) is 18.1. The number of carbonyl (C=O) groups excluding carboxylic acids is 3. The highest BCUT2D eigenvalue weighted by atomic mass is 35.5. The van der Waals surface area contributed by atoms with Crippen molar-refractivity contribution in [1.82, 2.24) is 9.88 Å². The average Bonchev–Trinajstić information content (AvgIpc) is 3.15. The van der Waals surface area contributed by atoms with Gasteiger partial charge in [0.1, 0.15) is 0 Å². The van der Waals surface area contributed by atoms with Crippen LogP contribution in [-0.2, 0) is 17.6 Å². The fourth-order valence-electron chi connectivity index (χ4n) is 3.43. The molecule has 2 aliphatic rings. The summed E-state index contributed by atoms with van der Waals surface area (Å²) in [6.45, 7) is 0.244. The van der Waals surface area contributed by atoms with Gasteiger partial charge in [-0.3, -0.25) is 19.3 Å². The van der Waals surface area contributed by atoms with Gasteiger partial charge >= 0.3 is 0 Å². The molecular weight excluding hydrogens is 386 g/mol. The predicted octanol–water partition coefficient (Wildman–Crippen LogP) is 3.46. The fraction of sp³-hybridized carbons (Fsp3) is 0.368. The van der Waals surface area contributed by atoms with Gasteiger partial charge in [-0.2, -0.15) is 0 Å². The lowest BCUT2D eigenvalue weighted by Gasteiger charge is -2.13. The molecule has 0 spiro atoms. The van der Waals surface area contributed by atoms with Crippen LogP contribution in [0, 0.1) is 0 Å². The smallest absolute Gasteiger partial charge is 0.261 e. The molecule has 0 bridgehead atoms. The topological polar surface area (TPSA) is 79.4 Å². The van der Waals surface area contributed by atoms with Crippen molar-refractivity contribution in [2.75, 3.05) is 11.9 Å². The van der Waals surface area contributed by atoms with Crippen LogP contribution in [0.15, 0.2) is 24.3 Å². The first-order chi connectivity index (χ1) is 12.6. The summed E-state index contributed by atoms with van der Waals surface area (Å²) >= 11 is 1.55. The number of benzene rings is 1. The number of aryl methyl sites for hydroxylation is 2. The Morgan fingerprint density at radius 2 is 1.78 bits per heavy atom. The Balaban J connectivity index is 0.00000210. The number of thiazole rings is 1. The number of rotatable bonds is 5. The molecule has 0 fully saturated rings. The van der Waals surface area contributed by atoms with E-state index in [1.807, 2.05) is 0 Å². The Hall–Kier alpha value is -2.25. The summed E-state index contributed by atoms with van der Waals surface area (Å²) in [4.78, 5) is 43.7. The number of imide groups is 1. The van der Waals surface area contributed by atoms with Crippen LogP contribution >= 0.6 is 23.7 Å². The molecule has 1 aliphatic carbocycles. The van der Waals surface area contributed by atoms with Crippen LogP contribution in [-0.4, -0.2) is 34.2 Å². The number of nitrogens with one attached hydrogen (secondary N) is 1. The average molecular weight is 406 g/mol. The molecule has 1 N–H and O–H groups in total. The fourth-order valence-corrected chi connectivity index (χ4v) is 4.49. The third-order valence-electron chi connectivity index (χ3n) is 4.76. The summed E-state index contributed by atoms with van der Waals surface area (Å²) in [7, 11) is 0. The van der Waals surface area contributed by atoms with Gasteiger partial charge in [-0.25, -0.2) is 4.98 Å². The maximum atomic E-state index is 12.3. The number of carbonyl (C=O) groups is 3. The van der Waals surface area contributed by atoms with E-state index < -0.39 is 0 Å². The highest BCUT2D eigenvalue weighted by molar-refractivity contribution is 7.15. The molecule has 0 radical (unpaired) electrons. The van der Waals surface area contributed by atoms with Crippen molar-refractivity contribution in [3.05, 3.63) is 46.0 Å². The van der Waals surface area contributed by atoms with E-state index in [1.54, 1.807) is 35.6 Å². The van der Waals surface area contributed by atoms with E-state index in [0.29, 0.717) is 22.7 Å². The molecule has 0 unspecified atom stereocenters. The lowest BCUT2D eigenvalue weighted by molar-refractivity contribution is -0.116. The van der Waals surface area contributed by atoms with Gasteiger partial charge in [0, 0.05) is 17.8 Å². The third kappa shape index (κ3) is 3.89. The van der Waals surface area contributed by atoms with Crippen LogP contribution in [0.3, 0.4) is 0 Å². The molecule has 6 nitrogen and oxygen atoms in total. The van der Waals surface area contributed by atoms with Gasteiger partial charge in [-0.15, -0.1) is 23.7 Å². The first-order valence-corrected chi connectivity index (χ1v) is 9.69. The molecule has 2 aromatic rings. The van der Waals surface area contributed by atoms with Crippen LogP contribution in [0.5, 0.6) is 0 Å². The second kappa shape index (κ2) is 8.19. The SMILES string of the molecule is Cl.O=C(CCCN1C(=O)c2ccccc2C1=O)Nc1nc2c(s1)CCCC2. The molecule has 1 aromatic carbocycles. The summed E-state index contributed by atoms with van der Waals surface area (Å²) < 4.78 is 0. The summed E-state index contributed by atoms with van der Waals surface area (Å²) in [6, 6.07) is 6.81. The Labute approximate surface area is 167 Å². The minimum Gasteiger partial charge on any atom is -0.302 e. The lowest BCUT2D eigenvalue weighted by atomic mass is 10.0. The Kier molecular flexibility index (Phi) is 5.92. The second-order valence-electron chi connectivity index (χ2n) is 6.56. The molecule has 4 rings (SSSR count). The van der Waals surface area contributed by atoms with Gasteiger partial charge in [0.15, 0.2) is 5.13 Å². The Morgan fingerprint density at radius 3 is 2.44 bits per heavy atom. The number of fused-ring (bicyclic) bond motifs is 2. The number of amides is 3. The number of hydrogen-bond donors (Lipinski definition) is 1. The van der Waals surface area contributed by atoms with Crippen molar-refractivity contribution in [1.29, 1.82) is 0 Å². The van der Waals surface area contributed by atoms with Gasteiger partial charge in [-0.1, -0.05) is 12.1 Å². The standard InChI is InChI=1S/C19H19N3O3S.ClH/c23-16(21-19-20-14-8-3-4-9-15(14)26-19)10-5-11-22-17(24)12-6-1-2-7-13(12)18(22)25;/h1-2,6-7H,3-5,8-11H2,(H,20,21,23);1H. The van der Waals surface area contributed by atoms with Gasteiger partial charge in [0.25, 0.3) is 11.8 Å². The van der Waals surface area contributed by atoms with E-state index in [2.05, 4.69) is 10.3 Å². The van der Waals surface area contributed by atoms with Crippen molar-refractivity contribution in [2.24, 2.45) is 0 Å². The van der Waals surface area contributed by atoms with Crippen LogP contribution in [0.4, 0.5) is 5.13 Å². The van der Waals surface area contributed by atoms with Crippen molar-refractivity contribution in [3.63, 3.8) is 0 Å². The normalized spacial score (nSPS) is 15.2. The van der Waals surface area contributed by atoms with Crippen LogP contribution < -0.4 is 5.32 Å². The molecule has 1 aromatic heterocycles. The second-order valence-corrected chi connectivity index (χ2v) is 7.64. The summed E-state index contributed by atoms with van der Waals surface area (Å²) in [5, 5.41) is 3.50. The van der Waals surface area contributed by atoms with Crippen molar-refractivity contribution in [3.8, 4) is 0 Å². The number of nitrogens with zero attached hydrogens (tertiary/aromatic N) is 2. The molecule has 8 heteroatoms. The van der Waals surface area contributed by atoms with E-state index in [-0.39, 0.29) is 43.1 Å². The minimum atomic E-state index is -0.279. The van der Waals surface area contributed by atoms with Crippen LogP contribution in [0.1, 0.15) is 57.0 Å². The molecule has 27 heavy (non-hydrogen) atoms. The van der Waals surface area contributed by atoms with Crippen molar-refractivity contribution < 1.29 is 14.4 Å². The first kappa shape index (κ1) is 19.5. The molecule has 2 heterocycles. The molecule has 1 aliphatic heterocycles. The summed E-state index contributed by atoms with van der Waals surface area (Å²) in [5.41, 5.74) is 1.99. The monoisotopic (exact) mass is 405 g/mol. The van der Waals surface area contributed by atoms with E-state index in [4.69, 9.17) is 0 Å². The minimum absolute atomic E-state index is 0. The van der Waals surface area contributed by atoms with Crippen molar-refractivity contribution >= 4 is 46.6 Å². The van der Waals surface area contributed by atoms with Gasteiger partial charge < -0.3 is 5.32 Å². The molecule has 0 saturated heterocycles. The Bertz CT molecular complexity index is 838. The number of halogens is 1. The zero-order valence-electron chi connectivity index (χ0n) is 14.7. The molecule has 142 valence electrons. The Morgan fingerprint density at radius 1 is 1.11 bits per heavy atom. The third-order valence-corrected chi connectivity index (χ3v) is 5.83. The lowest BCUT2D eigenvalue weighted by Crippen LogP contribution is -2.31. The molecule has 3 amide bonds. The molecular formula is C19H20ClN3O3S. The highest BCUT2D eigenvalue weighted by Gasteiger charge is 2.34. The maximum Gasteiger partial charge on any atom is 0.261 e. The summed E-state index contributed by atoms with van der Waals surface area (Å²) in [6.07, 6.45) is 5.05. The first-order valence-electron chi connectivity index (χ1n) is 8.87. The van der Waals surface area contributed by atoms with Crippen LogP contribution in [0.25, 0.3) is 0 Å². The molecule has 0 atom stereocenters. The zero-order valence-corrected chi connectivity index (χ0v) is 16.3. The van der Waals surface area contributed by atoms with E-state index in [0.717, 1.165) is 25.0 Å². The van der Waals surface area contributed by atoms with Crippen molar-refractivity contribution in [2.45, 2.75) is 38.5 Å². The number of aromatic nitrogens is 1.